The van der Waals surface area contributed by atoms with Crippen molar-refractivity contribution in [1.29, 1.82) is 0 Å². The fourth-order valence-corrected chi connectivity index (χ4v) is 1.60. The minimum Gasteiger partial charge on any atom is -0.480 e. The number of nitrogens with one attached hydrogen (secondary N) is 1. The highest BCUT2D eigenvalue weighted by Gasteiger charge is 2.24. The van der Waals surface area contributed by atoms with Crippen molar-refractivity contribution >= 4 is 17.6 Å². The third kappa shape index (κ3) is 3.96. The molecule has 8 nitrogen and oxygen atoms in total. The Balaban J connectivity index is 3.11. The normalized spacial score (nSPS) is 11.8. The van der Waals surface area contributed by atoms with E-state index in [9.17, 15) is 24.1 Å². The first-order valence-corrected chi connectivity index (χ1v) is 5.75. The van der Waals surface area contributed by atoms with E-state index in [1.165, 1.54) is 14.0 Å². The van der Waals surface area contributed by atoms with E-state index >= 15 is 0 Å². The molecular weight excluding hydrogens is 287 g/mol. The molecule has 0 bridgehead atoms. The van der Waals surface area contributed by atoms with Crippen molar-refractivity contribution in [1.82, 2.24) is 5.32 Å². The summed E-state index contributed by atoms with van der Waals surface area (Å²) in [4.78, 5) is 32.7. The number of rotatable bonds is 6. The lowest BCUT2D eigenvalue weighted by atomic mass is 10.1. The van der Waals surface area contributed by atoms with E-state index in [1.807, 2.05) is 5.32 Å². The molecule has 0 aliphatic carbocycles. The maximum absolute atomic E-state index is 13.9. The second kappa shape index (κ2) is 6.75. The van der Waals surface area contributed by atoms with Crippen LogP contribution in [0.4, 0.5) is 10.1 Å². The number of halogens is 1. The number of hydrogen-bond donors (Lipinski definition) is 2. The molecule has 1 atom stereocenters. The first-order chi connectivity index (χ1) is 9.77. The van der Waals surface area contributed by atoms with Crippen molar-refractivity contribution in [3.63, 3.8) is 0 Å². The van der Waals surface area contributed by atoms with Gasteiger partial charge in [-0.1, -0.05) is 0 Å². The second-order valence-electron chi connectivity index (χ2n) is 4.20. The summed E-state index contributed by atoms with van der Waals surface area (Å²) in [5, 5.41) is 21.6. The van der Waals surface area contributed by atoms with E-state index in [0.717, 1.165) is 12.1 Å². The molecular formula is C12H13FN2O6. The van der Waals surface area contributed by atoms with E-state index in [-0.39, 0.29) is 12.2 Å². The van der Waals surface area contributed by atoms with E-state index in [2.05, 4.69) is 4.74 Å². The fraction of sp³-hybridized carbons (Fsp3) is 0.333. The lowest BCUT2D eigenvalue weighted by molar-refractivity contribution is -0.385. The number of carbonyl (C=O) groups excluding carboxylic acids is 1. The Labute approximate surface area is 118 Å². The van der Waals surface area contributed by atoms with Gasteiger partial charge in [0.1, 0.15) is 5.82 Å². The lowest BCUT2D eigenvalue weighted by Crippen LogP contribution is -2.44. The maximum Gasteiger partial charge on any atom is 0.328 e. The molecule has 1 aromatic carbocycles. The molecule has 0 saturated heterocycles. The highest BCUT2D eigenvalue weighted by atomic mass is 19.1. The molecule has 21 heavy (non-hydrogen) atoms. The molecule has 1 rings (SSSR count). The predicted molar refractivity (Wildman–Crippen MR) is 68.6 cm³/mol. The van der Waals surface area contributed by atoms with Gasteiger partial charge in [-0.05, 0) is 12.5 Å². The molecule has 114 valence electrons. The number of methoxy groups -OCH3 is 1. The first-order valence-electron chi connectivity index (χ1n) is 5.75. The predicted octanol–water partition coefficient (Wildman–Crippen LogP) is 0.872. The molecule has 9 heteroatoms. The summed E-state index contributed by atoms with van der Waals surface area (Å²) in [5.74, 6) is -3.38. The molecule has 0 radical (unpaired) electrons. The van der Waals surface area contributed by atoms with Gasteiger partial charge in [-0.25, -0.2) is 9.18 Å². The average molecular weight is 300 g/mol. The molecule has 0 aliphatic rings. The molecule has 1 amide bonds. The summed E-state index contributed by atoms with van der Waals surface area (Å²) in [6.45, 7) is 0.944. The van der Waals surface area contributed by atoms with Crippen LogP contribution in [-0.4, -0.2) is 41.7 Å². The third-order valence-corrected chi connectivity index (χ3v) is 2.63. The Morgan fingerprint density at radius 3 is 2.62 bits per heavy atom. The smallest absolute Gasteiger partial charge is 0.328 e. The number of amides is 1. The molecule has 0 fully saturated rings. The lowest BCUT2D eigenvalue weighted by Gasteiger charge is -2.14. The van der Waals surface area contributed by atoms with Crippen molar-refractivity contribution in [3.8, 4) is 0 Å². The van der Waals surface area contributed by atoms with Crippen LogP contribution in [0.15, 0.2) is 12.1 Å². The molecule has 0 heterocycles. The van der Waals surface area contributed by atoms with Crippen LogP contribution in [0.2, 0.25) is 0 Å². The Morgan fingerprint density at radius 2 is 2.14 bits per heavy atom. The number of carbonyl (C=O) groups is 2. The van der Waals surface area contributed by atoms with Gasteiger partial charge in [0, 0.05) is 19.2 Å². The zero-order valence-corrected chi connectivity index (χ0v) is 11.3. The molecule has 0 aliphatic heterocycles. The van der Waals surface area contributed by atoms with Crippen molar-refractivity contribution in [3.05, 3.63) is 39.2 Å². The number of carboxylic acid groups (broad SMARTS) is 1. The Morgan fingerprint density at radius 1 is 1.52 bits per heavy atom. The van der Waals surface area contributed by atoms with Crippen LogP contribution < -0.4 is 5.32 Å². The standard InChI is InChI=1S/C12H13FN2O6/c1-6-3-7(15(19)20)4-8(10(6)13)11(16)14-9(5-21-2)12(17)18/h3-4,9H,5H2,1-2H3,(H,14,16)(H,17,18). The molecule has 1 unspecified atom stereocenters. The van der Waals surface area contributed by atoms with E-state index < -0.39 is 39.9 Å². The van der Waals surface area contributed by atoms with Crippen LogP contribution in [0.5, 0.6) is 0 Å². The van der Waals surface area contributed by atoms with Crippen molar-refractivity contribution in [2.24, 2.45) is 0 Å². The summed E-state index contributed by atoms with van der Waals surface area (Å²) in [7, 11) is 1.24. The van der Waals surface area contributed by atoms with Gasteiger partial charge < -0.3 is 15.2 Å². The topological polar surface area (TPSA) is 119 Å². The van der Waals surface area contributed by atoms with Crippen LogP contribution in [0, 0.1) is 22.9 Å². The van der Waals surface area contributed by atoms with Gasteiger partial charge >= 0.3 is 5.97 Å². The van der Waals surface area contributed by atoms with Crippen LogP contribution >= 0.6 is 0 Å². The number of nitro groups is 1. The first kappa shape index (κ1) is 16.5. The zero-order chi connectivity index (χ0) is 16.2. The van der Waals surface area contributed by atoms with Crippen LogP contribution in [0.25, 0.3) is 0 Å². The number of non-ortho nitro benzene ring substituents is 1. The Hall–Kier alpha value is -2.55. The van der Waals surface area contributed by atoms with E-state index in [1.54, 1.807) is 0 Å². The van der Waals surface area contributed by atoms with Crippen LogP contribution in [0.1, 0.15) is 15.9 Å². The number of aliphatic carboxylic acids is 1. The molecule has 1 aromatic rings. The van der Waals surface area contributed by atoms with Crippen molar-refractivity contribution < 1.29 is 28.7 Å². The highest BCUT2D eigenvalue weighted by molar-refractivity contribution is 5.97. The highest BCUT2D eigenvalue weighted by Crippen LogP contribution is 2.21. The largest absolute Gasteiger partial charge is 0.480 e. The van der Waals surface area contributed by atoms with Crippen molar-refractivity contribution in [2.75, 3.05) is 13.7 Å². The minimum atomic E-state index is -1.39. The Kier molecular flexibility index (Phi) is 5.30. The second-order valence-corrected chi connectivity index (χ2v) is 4.20. The number of aryl methyl sites for hydroxylation is 1. The monoisotopic (exact) mass is 300 g/mol. The quantitative estimate of drug-likeness (QED) is 0.594. The summed E-state index contributed by atoms with van der Waals surface area (Å²) < 4.78 is 18.5. The molecule has 0 aromatic heterocycles. The van der Waals surface area contributed by atoms with Crippen molar-refractivity contribution in [2.45, 2.75) is 13.0 Å². The number of nitrogens with zero attached hydrogens (tertiary/aromatic N) is 1. The van der Waals surface area contributed by atoms with Crippen LogP contribution in [0.3, 0.4) is 0 Å². The summed E-state index contributed by atoms with van der Waals surface area (Å²) in [6, 6.07) is 0.348. The Bertz CT molecular complexity index is 589. The van der Waals surface area contributed by atoms with Gasteiger partial charge in [0.2, 0.25) is 0 Å². The molecule has 0 saturated carbocycles. The summed E-state index contributed by atoms with van der Waals surface area (Å²) in [6.07, 6.45) is 0. The number of benzene rings is 1. The number of carboxylic acids is 1. The maximum atomic E-state index is 13.9. The number of nitro benzene ring substituents is 1. The average Bonchev–Trinajstić information content (AvgIpc) is 2.40. The van der Waals surface area contributed by atoms with Crippen LogP contribution in [-0.2, 0) is 9.53 Å². The van der Waals surface area contributed by atoms with E-state index in [0.29, 0.717) is 0 Å². The molecule has 2 N–H and O–H groups in total. The van der Waals surface area contributed by atoms with Gasteiger partial charge in [0.15, 0.2) is 6.04 Å². The summed E-state index contributed by atoms with van der Waals surface area (Å²) in [5.41, 5.74) is -1.14. The fourth-order valence-electron chi connectivity index (χ4n) is 1.60. The van der Waals surface area contributed by atoms with Gasteiger partial charge in [0.25, 0.3) is 11.6 Å². The SMILES string of the molecule is COCC(NC(=O)c1cc([N+](=O)[O-])cc(C)c1F)C(=O)O. The van der Waals surface area contributed by atoms with Gasteiger partial charge in [-0.2, -0.15) is 0 Å². The van der Waals surface area contributed by atoms with Gasteiger partial charge in [-0.3, -0.25) is 14.9 Å². The molecule has 0 spiro atoms. The number of ether oxygens (including phenoxy) is 1. The van der Waals surface area contributed by atoms with Gasteiger partial charge in [-0.15, -0.1) is 0 Å². The number of hydrogen-bond acceptors (Lipinski definition) is 5. The minimum absolute atomic E-state index is 0.0898. The van der Waals surface area contributed by atoms with E-state index in [4.69, 9.17) is 5.11 Å². The van der Waals surface area contributed by atoms with Gasteiger partial charge in [0.05, 0.1) is 17.1 Å². The zero-order valence-electron chi connectivity index (χ0n) is 11.3. The third-order valence-electron chi connectivity index (χ3n) is 2.63. The summed E-state index contributed by atoms with van der Waals surface area (Å²) >= 11 is 0.